The molecule has 17 heavy (non-hydrogen) atoms. The van der Waals surface area contributed by atoms with Gasteiger partial charge in [0.15, 0.2) is 0 Å². The van der Waals surface area contributed by atoms with E-state index >= 15 is 0 Å². The Morgan fingerprint density at radius 2 is 2.24 bits per heavy atom. The molecule has 0 aliphatic carbocycles. The van der Waals surface area contributed by atoms with Gasteiger partial charge >= 0.3 is 0 Å². The van der Waals surface area contributed by atoms with Gasteiger partial charge in [0.05, 0.1) is 11.7 Å². The molecule has 0 bridgehead atoms. The van der Waals surface area contributed by atoms with E-state index in [-0.39, 0.29) is 6.04 Å². The smallest absolute Gasteiger partial charge is 0.0565 e. The fourth-order valence-corrected chi connectivity index (χ4v) is 2.76. The number of aromatic nitrogens is 1. The van der Waals surface area contributed by atoms with Crippen LogP contribution in [0, 0.1) is 0 Å². The van der Waals surface area contributed by atoms with Gasteiger partial charge in [0, 0.05) is 24.2 Å². The molecule has 2 aromatic heterocycles. The second-order valence-corrected chi connectivity index (χ2v) is 4.98. The van der Waals surface area contributed by atoms with Crippen LogP contribution in [0.25, 0.3) is 0 Å². The number of thiophene rings is 1. The highest BCUT2D eigenvalue weighted by molar-refractivity contribution is 7.10. The molecule has 0 saturated heterocycles. The van der Waals surface area contributed by atoms with Crippen LogP contribution in [-0.4, -0.2) is 23.5 Å². The van der Waals surface area contributed by atoms with Crippen molar-refractivity contribution in [2.75, 3.05) is 13.6 Å². The predicted molar refractivity (Wildman–Crippen MR) is 71.8 cm³/mol. The number of likely N-dealkylation sites (N-methyl/N-ethyl adjacent to an activating group) is 1. The van der Waals surface area contributed by atoms with Gasteiger partial charge in [0.25, 0.3) is 0 Å². The summed E-state index contributed by atoms with van der Waals surface area (Å²) in [7, 11) is 2.09. The minimum Gasteiger partial charge on any atom is -0.329 e. The first kappa shape index (κ1) is 12.2. The maximum absolute atomic E-state index is 5.86. The highest BCUT2D eigenvalue weighted by atomic mass is 32.1. The molecule has 0 aliphatic heterocycles. The zero-order valence-corrected chi connectivity index (χ0v) is 10.7. The van der Waals surface area contributed by atoms with Crippen molar-refractivity contribution in [2.45, 2.75) is 12.6 Å². The van der Waals surface area contributed by atoms with Crippen LogP contribution in [-0.2, 0) is 6.54 Å². The first-order valence-electron chi connectivity index (χ1n) is 5.65. The summed E-state index contributed by atoms with van der Waals surface area (Å²) in [6, 6.07) is 10.5. The average Bonchev–Trinajstić information content (AvgIpc) is 2.85. The second kappa shape index (κ2) is 5.91. The molecule has 90 valence electrons. The lowest BCUT2D eigenvalue weighted by atomic mass is 10.2. The van der Waals surface area contributed by atoms with Gasteiger partial charge in [-0.2, -0.15) is 0 Å². The third-order valence-electron chi connectivity index (χ3n) is 2.76. The van der Waals surface area contributed by atoms with Crippen molar-refractivity contribution in [1.29, 1.82) is 0 Å². The maximum Gasteiger partial charge on any atom is 0.0565 e. The van der Waals surface area contributed by atoms with E-state index < -0.39 is 0 Å². The summed E-state index contributed by atoms with van der Waals surface area (Å²) in [6.45, 7) is 1.45. The van der Waals surface area contributed by atoms with Gasteiger partial charge in [-0.15, -0.1) is 11.3 Å². The standard InChI is InChI=1S/C13H17N3S/c1-16(10-11-5-2-3-7-15-11)12(9-14)13-6-4-8-17-13/h2-8,12H,9-10,14H2,1H3. The first-order chi connectivity index (χ1) is 8.31. The first-order valence-corrected chi connectivity index (χ1v) is 6.53. The molecule has 2 heterocycles. The van der Waals surface area contributed by atoms with Crippen molar-refractivity contribution in [3.05, 3.63) is 52.5 Å². The van der Waals surface area contributed by atoms with Crippen LogP contribution in [0.5, 0.6) is 0 Å². The lowest BCUT2D eigenvalue weighted by molar-refractivity contribution is 0.242. The minimum atomic E-state index is 0.275. The maximum atomic E-state index is 5.86. The van der Waals surface area contributed by atoms with E-state index in [1.807, 2.05) is 24.4 Å². The molecule has 0 fully saturated rings. The molecule has 0 radical (unpaired) electrons. The largest absolute Gasteiger partial charge is 0.329 e. The van der Waals surface area contributed by atoms with Crippen molar-refractivity contribution in [3.63, 3.8) is 0 Å². The normalized spacial score (nSPS) is 12.9. The molecular formula is C13H17N3S. The summed E-state index contributed by atoms with van der Waals surface area (Å²) in [5, 5.41) is 2.09. The summed E-state index contributed by atoms with van der Waals surface area (Å²) in [5.41, 5.74) is 6.94. The Labute approximate surface area is 106 Å². The minimum absolute atomic E-state index is 0.275. The van der Waals surface area contributed by atoms with Crippen molar-refractivity contribution in [3.8, 4) is 0 Å². The second-order valence-electron chi connectivity index (χ2n) is 4.00. The molecule has 0 aromatic carbocycles. The van der Waals surface area contributed by atoms with Gasteiger partial charge in [0.1, 0.15) is 0 Å². The average molecular weight is 247 g/mol. The summed E-state index contributed by atoms with van der Waals surface area (Å²) >= 11 is 1.75. The number of hydrogen-bond acceptors (Lipinski definition) is 4. The third kappa shape index (κ3) is 3.12. The summed E-state index contributed by atoms with van der Waals surface area (Å²) in [4.78, 5) is 7.89. The van der Waals surface area contributed by atoms with Gasteiger partial charge in [-0.1, -0.05) is 12.1 Å². The van der Waals surface area contributed by atoms with E-state index in [2.05, 4.69) is 34.4 Å². The van der Waals surface area contributed by atoms with Crippen molar-refractivity contribution in [1.82, 2.24) is 9.88 Å². The lowest BCUT2D eigenvalue weighted by Crippen LogP contribution is -2.29. The van der Waals surface area contributed by atoms with Gasteiger partial charge in [-0.3, -0.25) is 9.88 Å². The molecule has 1 unspecified atom stereocenters. The van der Waals surface area contributed by atoms with Crippen LogP contribution in [0.4, 0.5) is 0 Å². The van der Waals surface area contributed by atoms with E-state index in [9.17, 15) is 0 Å². The van der Waals surface area contributed by atoms with Crippen molar-refractivity contribution < 1.29 is 0 Å². The Morgan fingerprint density at radius 1 is 1.35 bits per heavy atom. The van der Waals surface area contributed by atoms with E-state index in [0.717, 1.165) is 12.2 Å². The van der Waals surface area contributed by atoms with Crippen molar-refractivity contribution >= 4 is 11.3 Å². The van der Waals surface area contributed by atoms with E-state index in [4.69, 9.17) is 5.73 Å². The van der Waals surface area contributed by atoms with Crippen LogP contribution in [0.1, 0.15) is 16.6 Å². The molecule has 4 heteroatoms. The van der Waals surface area contributed by atoms with Crippen LogP contribution >= 0.6 is 11.3 Å². The Morgan fingerprint density at radius 3 is 2.82 bits per heavy atom. The lowest BCUT2D eigenvalue weighted by Gasteiger charge is -2.25. The molecule has 2 aromatic rings. The predicted octanol–water partition coefficient (Wildman–Crippen LogP) is 2.27. The highest BCUT2D eigenvalue weighted by Crippen LogP contribution is 2.23. The van der Waals surface area contributed by atoms with E-state index in [1.165, 1.54) is 4.88 Å². The monoisotopic (exact) mass is 247 g/mol. The molecule has 0 aliphatic rings. The van der Waals surface area contributed by atoms with Crippen LogP contribution in [0.3, 0.4) is 0 Å². The number of nitrogens with two attached hydrogens (primary N) is 1. The zero-order valence-electron chi connectivity index (χ0n) is 9.91. The fourth-order valence-electron chi connectivity index (χ4n) is 1.85. The summed E-state index contributed by atoms with van der Waals surface area (Å²) in [5.74, 6) is 0. The number of pyridine rings is 1. The van der Waals surface area contributed by atoms with Gasteiger partial charge in [-0.05, 0) is 30.6 Å². The molecule has 1 atom stereocenters. The molecule has 0 amide bonds. The molecule has 0 saturated carbocycles. The Balaban J connectivity index is 2.06. The molecule has 3 nitrogen and oxygen atoms in total. The number of nitrogens with zero attached hydrogens (tertiary/aromatic N) is 2. The zero-order chi connectivity index (χ0) is 12.1. The SMILES string of the molecule is CN(Cc1ccccn1)C(CN)c1cccs1. The molecule has 0 spiro atoms. The topological polar surface area (TPSA) is 42.2 Å². The fraction of sp³-hybridized carbons (Fsp3) is 0.308. The summed E-state index contributed by atoms with van der Waals surface area (Å²) in [6.07, 6.45) is 1.83. The van der Waals surface area contributed by atoms with Gasteiger partial charge < -0.3 is 5.73 Å². The number of hydrogen-bond donors (Lipinski definition) is 1. The Hall–Kier alpha value is -1.23. The third-order valence-corrected chi connectivity index (χ3v) is 3.74. The van der Waals surface area contributed by atoms with Gasteiger partial charge in [-0.25, -0.2) is 0 Å². The summed E-state index contributed by atoms with van der Waals surface area (Å²) < 4.78 is 0. The van der Waals surface area contributed by atoms with Crippen LogP contribution < -0.4 is 5.73 Å². The quantitative estimate of drug-likeness (QED) is 0.881. The Bertz CT molecular complexity index is 427. The van der Waals surface area contributed by atoms with Crippen LogP contribution in [0.15, 0.2) is 41.9 Å². The van der Waals surface area contributed by atoms with Crippen molar-refractivity contribution in [2.24, 2.45) is 5.73 Å². The Kier molecular flexibility index (Phi) is 4.25. The van der Waals surface area contributed by atoms with Crippen LogP contribution in [0.2, 0.25) is 0 Å². The highest BCUT2D eigenvalue weighted by Gasteiger charge is 2.16. The van der Waals surface area contributed by atoms with E-state index in [0.29, 0.717) is 6.54 Å². The molecule has 2 N–H and O–H groups in total. The van der Waals surface area contributed by atoms with Gasteiger partial charge in [0.2, 0.25) is 0 Å². The molecular weight excluding hydrogens is 230 g/mol. The van der Waals surface area contributed by atoms with E-state index in [1.54, 1.807) is 11.3 Å². The molecule has 2 rings (SSSR count). The number of rotatable bonds is 5.